The number of esters is 1. The van der Waals surface area contributed by atoms with E-state index in [1.54, 1.807) is 42.5 Å². The van der Waals surface area contributed by atoms with Gasteiger partial charge in [0.1, 0.15) is 17.9 Å². The minimum Gasteiger partial charge on any atom is -0.482 e. The SMILES string of the molecule is CC(=O)Nc1ccc2c(COC(=O)COc3ccccc3)cc(=O)oc2c1. The van der Waals surface area contributed by atoms with Crippen LogP contribution in [0.3, 0.4) is 0 Å². The molecular weight excluding hydrogens is 350 g/mol. The Morgan fingerprint density at radius 1 is 1.07 bits per heavy atom. The van der Waals surface area contributed by atoms with Gasteiger partial charge in [0.2, 0.25) is 5.91 Å². The number of hydrogen-bond donors (Lipinski definition) is 1. The van der Waals surface area contributed by atoms with Gasteiger partial charge in [-0.05, 0) is 24.3 Å². The van der Waals surface area contributed by atoms with E-state index in [0.29, 0.717) is 28.0 Å². The summed E-state index contributed by atoms with van der Waals surface area (Å²) in [7, 11) is 0. The molecule has 0 unspecified atom stereocenters. The van der Waals surface area contributed by atoms with E-state index < -0.39 is 11.6 Å². The van der Waals surface area contributed by atoms with Crippen molar-refractivity contribution in [2.75, 3.05) is 11.9 Å². The van der Waals surface area contributed by atoms with Crippen molar-refractivity contribution >= 4 is 28.5 Å². The van der Waals surface area contributed by atoms with Crippen LogP contribution in [-0.4, -0.2) is 18.5 Å². The van der Waals surface area contributed by atoms with Crippen molar-refractivity contribution in [3.63, 3.8) is 0 Å². The van der Waals surface area contributed by atoms with E-state index in [1.807, 2.05) is 6.07 Å². The number of ether oxygens (including phenoxy) is 2. The van der Waals surface area contributed by atoms with E-state index in [0.717, 1.165) is 0 Å². The molecule has 0 aliphatic carbocycles. The molecule has 3 rings (SSSR count). The van der Waals surface area contributed by atoms with Crippen molar-refractivity contribution in [3.8, 4) is 5.75 Å². The van der Waals surface area contributed by atoms with Gasteiger partial charge in [0.25, 0.3) is 0 Å². The van der Waals surface area contributed by atoms with E-state index in [1.165, 1.54) is 13.0 Å². The first-order valence-corrected chi connectivity index (χ1v) is 8.19. The summed E-state index contributed by atoms with van der Waals surface area (Å²) in [6.07, 6.45) is 0. The number of anilines is 1. The molecule has 7 heteroatoms. The third-order valence-corrected chi connectivity index (χ3v) is 3.64. The molecule has 0 fully saturated rings. The Kier molecular flexibility index (Phi) is 5.51. The fourth-order valence-electron chi connectivity index (χ4n) is 2.49. The summed E-state index contributed by atoms with van der Waals surface area (Å²) < 4.78 is 15.7. The van der Waals surface area contributed by atoms with E-state index in [4.69, 9.17) is 13.9 Å². The molecule has 27 heavy (non-hydrogen) atoms. The molecule has 0 saturated heterocycles. The molecule has 0 saturated carbocycles. The lowest BCUT2D eigenvalue weighted by Crippen LogP contribution is -2.15. The Morgan fingerprint density at radius 3 is 2.59 bits per heavy atom. The molecular formula is C20H17NO6. The second-order valence-electron chi connectivity index (χ2n) is 5.75. The second kappa shape index (κ2) is 8.18. The summed E-state index contributed by atoms with van der Waals surface area (Å²) in [6.45, 7) is 1.04. The largest absolute Gasteiger partial charge is 0.482 e. The average Bonchev–Trinajstić information content (AvgIpc) is 2.64. The van der Waals surface area contributed by atoms with Crippen molar-refractivity contribution in [3.05, 3.63) is 70.6 Å². The summed E-state index contributed by atoms with van der Waals surface area (Å²) >= 11 is 0. The maximum atomic E-state index is 11.9. The predicted octanol–water partition coefficient (Wildman–Crippen LogP) is 2.87. The highest BCUT2D eigenvalue weighted by Crippen LogP contribution is 2.22. The number of fused-ring (bicyclic) bond motifs is 1. The molecule has 0 aliphatic rings. The Bertz CT molecular complexity index is 1030. The Morgan fingerprint density at radius 2 is 1.85 bits per heavy atom. The summed E-state index contributed by atoms with van der Waals surface area (Å²) in [5.41, 5.74) is 0.724. The van der Waals surface area contributed by atoms with Gasteiger partial charge < -0.3 is 19.2 Å². The number of benzene rings is 2. The standard InChI is InChI=1S/C20H17NO6/c1-13(22)21-15-7-8-17-14(9-19(23)27-18(17)10-15)11-26-20(24)12-25-16-5-3-2-4-6-16/h2-10H,11-12H2,1H3,(H,21,22). The minimum atomic E-state index is -0.575. The van der Waals surface area contributed by atoms with Gasteiger partial charge in [0.15, 0.2) is 6.61 Å². The second-order valence-corrected chi connectivity index (χ2v) is 5.75. The summed E-state index contributed by atoms with van der Waals surface area (Å²) in [4.78, 5) is 34.8. The topological polar surface area (TPSA) is 94.8 Å². The monoisotopic (exact) mass is 367 g/mol. The van der Waals surface area contributed by atoms with E-state index in [2.05, 4.69) is 5.32 Å². The number of hydrogen-bond acceptors (Lipinski definition) is 6. The summed E-state index contributed by atoms with van der Waals surface area (Å²) in [5, 5.41) is 3.23. The summed E-state index contributed by atoms with van der Waals surface area (Å²) in [6, 6.07) is 15.1. The Balaban J connectivity index is 1.69. The first-order chi connectivity index (χ1) is 13.0. The Hall–Kier alpha value is -3.61. The molecule has 1 N–H and O–H groups in total. The third kappa shape index (κ3) is 4.94. The van der Waals surface area contributed by atoms with Crippen LogP contribution in [-0.2, 0) is 20.9 Å². The molecule has 0 bridgehead atoms. The fourth-order valence-corrected chi connectivity index (χ4v) is 2.49. The molecule has 138 valence electrons. The number of carbonyl (C=O) groups is 2. The lowest BCUT2D eigenvalue weighted by Gasteiger charge is -2.09. The van der Waals surface area contributed by atoms with Crippen LogP contribution in [0.5, 0.6) is 5.75 Å². The van der Waals surface area contributed by atoms with Crippen LogP contribution in [0, 0.1) is 0 Å². The zero-order valence-electron chi connectivity index (χ0n) is 14.6. The van der Waals surface area contributed by atoms with Crippen molar-refractivity contribution in [1.82, 2.24) is 0 Å². The molecule has 0 spiro atoms. The van der Waals surface area contributed by atoms with E-state index in [-0.39, 0.29) is 19.1 Å². The molecule has 1 aromatic heterocycles. The number of carbonyl (C=O) groups excluding carboxylic acids is 2. The molecule has 0 atom stereocenters. The van der Waals surface area contributed by atoms with Crippen molar-refractivity contribution in [2.24, 2.45) is 0 Å². The van der Waals surface area contributed by atoms with Crippen LogP contribution < -0.4 is 15.7 Å². The van der Waals surface area contributed by atoms with Gasteiger partial charge in [-0.15, -0.1) is 0 Å². The molecule has 3 aromatic rings. The first-order valence-electron chi connectivity index (χ1n) is 8.19. The van der Waals surface area contributed by atoms with Gasteiger partial charge >= 0.3 is 11.6 Å². The van der Waals surface area contributed by atoms with Crippen LogP contribution in [0.4, 0.5) is 5.69 Å². The van der Waals surface area contributed by atoms with Crippen LogP contribution >= 0.6 is 0 Å². The predicted molar refractivity (Wildman–Crippen MR) is 98.5 cm³/mol. The maximum absolute atomic E-state index is 11.9. The van der Waals surface area contributed by atoms with E-state index in [9.17, 15) is 14.4 Å². The molecule has 0 radical (unpaired) electrons. The Labute approximate surface area is 154 Å². The molecule has 1 amide bonds. The zero-order valence-corrected chi connectivity index (χ0v) is 14.6. The normalized spacial score (nSPS) is 10.4. The van der Waals surface area contributed by atoms with E-state index >= 15 is 0 Å². The van der Waals surface area contributed by atoms with Crippen LogP contribution in [0.1, 0.15) is 12.5 Å². The fraction of sp³-hybridized carbons (Fsp3) is 0.150. The van der Waals surface area contributed by atoms with Gasteiger partial charge in [-0.2, -0.15) is 0 Å². The number of nitrogens with one attached hydrogen (secondary N) is 1. The highest BCUT2D eigenvalue weighted by Gasteiger charge is 2.10. The number of amides is 1. The lowest BCUT2D eigenvalue weighted by atomic mass is 10.1. The van der Waals surface area contributed by atoms with Crippen molar-refractivity contribution in [1.29, 1.82) is 0 Å². The number of para-hydroxylation sites is 1. The molecule has 1 heterocycles. The van der Waals surface area contributed by atoms with Gasteiger partial charge in [-0.1, -0.05) is 18.2 Å². The third-order valence-electron chi connectivity index (χ3n) is 3.64. The van der Waals surface area contributed by atoms with Crippen LogP contribution in [0.15, 0.2) is 63.8 Å². The smallest absolute Gasteiger partial charge is 0.344 e. The quantitative estimate of drug-likeness (QED) is 0.532. The van der Waals surface area contributed by atoms with Crippen LogP contribution in [0.25, 0.3) is 11.0 Å². The number of rotatable bonds is 6. The molecule has 7 nitrogen and oxygen atoms in total. The van der Waals surface area contributed by atoms with Gasteiger partial charge in [-0.25, -0.2) is 9.59 Å². The zero-order chi connectivity index (χ0) is 19.2. The van der Waals surface area contributed by atoms with Crippen molar-refractivity contribution in [2.45, 2.75) is 13.5 Å². The highest BCUT2D eigenvalue weighted by molar-refractivity contribution is 5.92. The maximum Gasteiger partial charge on any atom is 0.344 e. The van der Waals surface area contributed by atoms with Crippen molar-refractivity contribution < 1.29 is 23.5 Å². The molecule has 2 aromatic carbocycles. The molecule has 0 aliphatic heterocycles. The first kappa shape index (κ1) is 18.2. The highest BCUT2D eigenvalue weighted by atomic mass is 16.6. The average molecular weight is 367 g/mol. The summed E-state index contributed by atoms with van der Waals surface area (Å²) in [5.74, 6) is -0.235. The van der Waals surface area contributed by atoms with Crippen LogP contribution in [0.2, 0.25) is 0 Å². The van der Waals surface area contributed by atoms with Gasteiger partial charge in [0, 0.05) is 35.7 Å². The minimum absolute atomic E-state index is 0.0986. The van der Waals surface area contributed by atoms with Gasteiger partial charge in [0.05, 0.1) is 0 Å². The lowest BCUT2D eigenvalue weighted by molar-refractivity contribution is -0.147. The van der Waals surface area contributed by atoms with Gasteiger partial charge in [-0.3, -0.25) is 4.79 Å².